The molecule has 1 aliphatic rings. The molecule has 1 heterocycles. The van der Waals surface area contributed by atoms with Gasteiger partial charge in [0.2, 0.25) is 5.91 Å². The average molecular weight is 261 g/mol. The first-order valence-electron chi connectivity index (χ1n) is 5.48. The standard InChI is InChI=1S/C10H19N3OS2/c1-8(9(11)15)10(14)12-2-3-13-4-6-16-7-5-13/h8H,2-7H2,1H3,(H2,11,15)(H,12,14). The molecule has 1 fully saturated rings. The van der Waals surface area contributed by atoms with Crippen LogP contribution in [0.3, 0.4) is 0 Å². The van der Waals surface area contributed by atoms with E-state index in [1.165, 1.54) is 11.5 Å². The van der Waals surface area contributed by atoms with Gasteiger partial charge in [-0.25, -0.2) is 0 Å². The Morgan fingerprint density at radius 1 is 1.56 bits per heavy atom. The number of rotatable bonds is 5. The summed E-state index contributed by atoms with van der Waals surface area (Å²) in [5.74, 6) is 1.94. The number of nitrogens with one attached hydrogen (secondary N) is 1. The van der Waals surface area contributed by atoms with Crippen LogP contribution in [0, 0.1) is 5.92 Å². The van der Waals surface area contributed by atoms with Gasteiger partial charge >= 0.3 is 0 Å². The Balaban J connectivity index is 2.14. The molecule has 0 spiro atoms. The molecule has 0 radical (unpaired) electrons. The normalized spacial score (nSPS) is 19.1. The van der Waals surface area contributed by atoms with Crippen molar-refractivity contribution in [1.29, 1.82) is 0 Å². The SMILES string of the molecule is CC(C(=O)NCCN1CCSCC1)C(N)=S. The Morgan fingerprint density at radius 3 is 2.75 bits per heavy atom. The molecular formula is C10H19N3OS2. The van der Waals surface area contributed by atoms with Gasteiger partial charge in [0.1, 0.15) is 0 Å². The zero-order valence-corrected chi connectivity index (χ0v) is 11.2. The van der Waals surface area contributed by atoms with Crippen molar-refractivity contribution in [1.82, 2.24) is 10.2 Å². The lowest BCUT2D eigenvalue weighted by atomic mass is 10.1. The van der Waals surface area contributed by atoms with Crippen LogP contribution in [0.1, 0.15) is 6.92 Å². The van der Waals surface area contributed by atoms with E-state index in [2.05, 4.69) is 10.2 Å². The monoisotopic (exact) mass is 261 g/mol. The zero-order valence-electron chi connectivity index (χ0n) is 9.57. The summed E-state index contributed by atoms with van der Waals surface area (Å²) in [6, 6.07) is 0. The van der Waals surface area contributed by atoms with Crippen molar-refractivity contribution in [2.45, 2.75) is 6.92 Å². The summed E-state index contributed by atoms with van der Waals surface area (Å²) in [4.78, 5) is 14.1. The molecule has 3 N–H and O–H groups in total. The topological polar surface area (TPSA) is 58.4 Å². The van der Waals surface area contributed by atoms with Gasteiger partial charge in [-0.1, -0.05) is 12.2 Å². The van der Waals surface area contributed by atoms with Gasteiger partial charge in [-0.05, 0) is 6.92 Å². The third-order valence-corrected chi connectivity index (χ3v) is 3.95. The van der Waals surface area contributed by atoms with E-state index in [9.17, 15) is 4.79 Å². The fourth-order valence-corrected chi connectivity index (χ4v) is 2.53. The lowest BCUT2D eigenvalue weighted by molar-refractivity contribution is -0.122. The van der Waals surface area contributed by atoms with Crippen LogP contribution >= 0.6 is 24.0 Å². The van der Waals surface area contributed by atoms with Gasteiger partial charge < -0.3 is 11.1 Å². The van der Waals surface area contributed by atoms with Crippen LogP contribution in [-0.4, -0.2) is 53.5 Å². The second kappa shape index (κ2) is 7.09. The van der Waals surface area contributed by atoms with Gasteiger partial charge in [-0.3, -0.25) is 9.69 Å². The van der Waals surface area contributed by atoms with E-state index in [-0.39, 0.29) is 16.8 Å². The average Bonchev–Trinajstić information content (AvgIpc) is 2.29. The third-order valence-electron chi connectivity index (χ3n) is 2.65. The van der Waals surface area contributed by atoms with Gasteiger partial charge in [0.25, 0.3) is 0 Å². The molecular weight excluding hydrogens is 242 g/mol. The van der Waals surface area contributed by atoms with E-state index in [0.717, 1.165) is 19.6 Å². The highest BCUT2D eigenvalue weighted by Crippen LogP contribution is 2.07. The predicted octanol–water partition coefficient (Wildman–Crippen LogP) is 0.0736. The maximum absolute atomic E-state index is 11.5. The van der Waals surface area contributed by atoms with E-state index >= 15 is 0 Å². The fraction of sp³-hybridized carbons (Fsp3) is 0.800. The Hall–Kier alpha value is -0.330. The summed E-state index contributed by atoms with van der Waals surface area (Å²) in [6.45, 7) is 5.55. The molecule has 0 aliphatic carbocycles. The van der Waals surface area contributed by atoms with E-state index in [4.69, 9.17) is 18.0 Å². The molecule has 1 aliphatic heterocycles. The van der Waals surface area contributed by atoms with Crippen LogP contribution in [0.4, 0.5) is 0 Å². The molecule has 1 rings (SSSR count). The van der Waals surface area contributed by atoms with E-state index in [1.54, 1.807) is 6.92 Å². The van der Waals surface area contributed by atoms with Crippen LogP contribution in [0.5, 0.6) is 0 Å². The third kappa shape index (κ3) is 4.67. The summed E-state index contributed by atoms with van der Waals surface area (Å²) in [5, 5.41) is 2.86. The fourth-order valence-electron chi connectivity index (χ4n) is 1.44. The number of hydrogen-bond donors (Lipinski definition) is 2. The van der Waals surface area contributed by atoms with E-state index in [1.807, 2.05) is 11.8 Å². The van der Waals surface area contributed by atoms with Crippen LogP contribution in [0.2, 0.25) is 0 Å². The molecule has 92 valence electrons. The summed E-state index contributed by atoms with van der Waals surface area (Å²) in [6.07, 6.45) is 0. The molecule has 1 atom stereocenters. The lowest BCUT2D eigenvalue weighted by Gasteiger charge is -2.26. The van der Waals surface area contributed by atoms with Gasteiger partial charge in [0, 0.05) is 37.7 Å². The molecule has 0 aromatic rings. The minimum atomic E-state index is -0.369. The summed E-state index contributed by atoms with van der Waals surface area (Å²) < 4.78 is 0. The Bertz CT molecular complexity index is 254. The summed E-state index contributed by atoms with van der Waals surface area (Å²) in [5.41, 5.74) is 5.41. The van der Waals surface area contributed by atoms with Crippen LogP contribution in [0.25, 0.3) is 0 Å². The number of hydrogen-bond acceptors (Lipinski definition) is 4. The highest BCUT2D eigenvalue weighted by Gasteiger charge is 2.15. The molecule has 6 heteroatoms. The number of thioether (sulfide) groups is 1. The second-order valence-corrected chi connectivity index (χ2v) is 5.57. The maximum Gasteiger partial charge on any atom is 0.229 e. The minimum absolute atomic E-state index is 0.0705. The number of carbonyl (C=O) groups excluding carboxylic acids is 1. The molecule has 0 aromatic carbocycles. The molecule has 4 nitrogen and oxygen atoms in total. The predicted molar refractivity (Wildman–Crippen MR) is 72.7 cm³/mol. The Morgan fingerprint density at radius 2 is 2.19 bits per heavy atom. The van der Waals surface area contributed by atoms with Gasteiger partial charge in [0.15, 0.2) is 0 Å². The molecule has 0 bridgehead atoms. The van der Waals surface area contributed by atoms with Crippen molar-refractivity contribution in [2.75, 3.05) is 37.7 Å². The molecule has 1 amide bonds. The molecule has 0 aromatic heterocycles. The largest absolute Gasteiger partial charge is 0.393 e. The van der Waals surface area contributed by atoms with Gasteiger partial charge in [0.05, 0.1) is 10.9 Å². The number of amides is 1. The minimum Gasteiger partial charge on any atom is -0.393 e. The highest BCUT2D eigenvalue weighted by molar-refractivity contribution is 7.99. The molecule has 0 saturated carbocycles. The molecule has 1 unspecified atom stereocenters. The zero-order chi connectivity index (χ0) is 12.0. The van der Waals surface area contributed by atoms with Gasteiger partial charge in [-0.15, -0.1) is 0 Å². The number of nitrogens with two attached hydrogens (primary N) is 1. The summed E-state index contributed by atoms with van der Waals surface area (Å²) >= 11 is 6.76. The molecule has 1 saturated heterocycles. The van der Waals surface area contributed by atoms with Crippen molar-refractivity contribution in [2.24, 2.45) is 11.7 Å². The van der Waals surface area contributed by atoms with Crippen LogP contribution < -0.4 is 11.1 Å². The Kier molecular flexibility index (Phi) is 6.08. The first kappa shape index (κ1) is 13.7. The van der Waals surface area contributed by atoms with E-state index in [0.29, 0.717) is 6.54 Å². The number of carbonyl (C=O) groups is 1. The smallest absolute Gasteiger partial charge is 0.229 e. The number of thiocarbonyl (C=S) groups is 1. The quantitative estimate of drug-likeness (QED) is 0.686. The van der Waals surface area contributed by atoms with Crippen molar-refractivity contribution in [3.63, 3.8) is 0 Å². The Labute approximate surface area is 106 Å². The van der Waals surface area contributed by atoms with Crippen LogP contribution in [-0.2, 0) is 4.79 Å². The van der Waals surface area contributed by atoms with Crippen molar-refractivity contribution >= 4 is 34.9 Å². The molecule has 16 heavy (non-hydrogen) atoms. The van der Waals surface area contributed by atoms with Crippen molar-refractivity contribution in [3.8, 4) is 0 Å². The lowest BCUT2D eigenvalue weighted by Crippen LogP contribution is -2.42. The van der Waals surface area contributed by atoms with Gasteiger partial charge in [-0.2, -0.15) is 11.8 Å². The van der Waals surface area contributed by atoms with Crippen LogP contribution in [0.15, 0.2) is 0 Å². The first-order valence-corrected chi connectivity index (χ1v) is 7.04. The first-order chi connectivity index (χ1) is 7.61. The van der Waals surface area contributed by atoms with Crippen molar-refractivity contribution in [3.05, 3.63) is 0 Å². The van der Waals surface area contributed by atoms with E-state index < -0.39 is 0 Å². The van der Waals surface area contributed by atoms with Crippen molar-refractivity contribution < 1.29 is 4.79 Å². The highest BCUT2D eigenvalue weighted by atomic mass is 32.2. The summed E-state index contributed by atoms with van der Waals surface area (Å²) in [7, 11) is 0. The number of nitrogens with zero attached hydrogens (tertiary/aromatic N) is 1. The second-order valence-electron chi connectivity index (χ2n) is 3.87. The maximum atomic E-state index is 11.5.